The number of cyclic esters (lactones) is 1. The lowest BCUT2D eigenvalue weighted by Crippen LogP contribution is -2.41. The Morgan fingerprint density at radius 1 is 1.42 bits per heavy atom. The Bertz CT molecular complexity index is 547. The van der Waals surface area contributed by atoms with Crippen LogP contribution in [0.2, 0.25) is 5.15 Å². The maximum absolute atomic E-state index is 12.1. The molecule has 0 radical (unpaired) electrons. The SMILES string of the molecule is COc1nc(Cl)ccc1[C@]1(C(C)C)OC(=O)NC1=O. The maximum atomic E-state index is 12.1. The molecule has 2 amide bonds. The molecule has 2 rings (SSSR count). The first-order valence-corrected chi connectivity index (χ1v) is 6.05. The number of nitrogens with one attached hydrogen (secondary N) is 1. The van der Waals surface area contributed by atoms with Crippen LogP contribution >= 0.6 is 11.6 Å². The number of alkyl carbamates (subject to hydrolysis) is 1. The highest BCUT2D eigenvalue weighted by Gasteiger charge is 2.54. The number of ether oxygens (including phenoxy) is 2. The van der Waals surface area contributed by atoms with Crippen molar-refractivity contribution < 1.29 is 19.1 Å². The first-order valence-electron chi connectivity index (χ1n) is 5.67. The molecule has 1 atom stereocenters. The summed E-state index contributed by atoms with van der Waals surface area (Å²) < 4.78 is 10.4. The monoisotopic (exact) mass is 284 g/mol. The summed E-state index contributed by atoms with van der Waals surface area (Å²) >= 11 is 5.79. The number of nitrogens with zero attached hydrogens (tertiary/aromatic N) is 1. The van der Waals surface area contributed by atoms with E-state index in [-0.39, 0.29) is 17.0 Å². The number of halogens is 1. The van der Waals surface area contributed by atoms with Crippen molar-refractivity contribution in [3.63, 3.8) is 0 Å². The van der Waals surface area contributed by atoms with Crippen molar-refractivity contribution in [3.05, 3.63) is 22.8 Å². The van der Waals surface area contributed by atoms with Crippen molar-refractivity contribution in [1.29, 1.82) is 0 Å². The summed E-state index contributed by atoms with van der Waals surface area (Å²) in [5.41, 5.74) is -1.07. The van der Waals surface area contributed by atoms with Crippen LogP contribution < -0.4 is 10.1 Å². The molecular weight excluding hydrogens is 272 g/mol. The zero-order valence-corrected chi connectivity index (χ0v) is 11.4. The molecule has 7 heteroatoms. The molecule has 1 saturated heterocycles. The Hall–Kier alpha value is -1.82. The van der Waals surface area contributed by atoms with Gasteiger partial charge in [0.05, 0.1) is 12.7 Å². The Labute approximate surface area is 115 Å². The first kappa shape index (κ1) is 13.6. The molecule has 1 aromatic rings. The molecule has 0 saturated carbocycles. The molecule has 1 N–H and O–H groups in total. The van der Waals surface area contributed by atoms with Crippen LogP contribution in [0.3, 0.4) is 0 Å². The van der Waals surface area contributed by atoms with Gasteiger partial charge < -0.3 is 9.47 Å². The summed E-state index contributed by atoms with van der Waals surface area (Å²) in [5.74, 6) is -0.670. The van der Waals surface area contributed by atoms with E-state index in [2.05, 4.69) is 10.3 Å². The van der Waals surface area contributed by atoms with Crippen LogP contribution in [0, 0.1) is 5.92 Å². The second-order valence-corrected chi connectivity index (χ2v) is 4.81. The molecule has 0 bridgehead atoms. The minimum atomic E-state index is -1.44. The molecule has 0 unspecified atom stereocenters. The van der Waals surface area contributed by atoms with Gasteiger partial charge in [0.15, 0.2) is 0 Å². The highest BCUT2D eigenvalue weighted by atomic mass is 35.5. The van der Waals surface area contributed by atoms with E-state index in [1.54, 1.807) is 19.9 Å². The number of pyridine rings is 1. The zero-order valence-electron chi connectivity index (χ0n) is 10.7. The molecule has 102 valence electrons. The van der Waals surface area contributed by atoms with Gasteiger partial charge >= 0.3 is 6.09 Å². The van der Waals surface area contributed by atoms with Crippen molar-refractivity contribution in [3.8, 4) is 5.88 Å². The third-order valence-corrected chi connectivity index (χ3v) is 3.25. The number of amides is 2. The van der Waals surface area contributed by atoms with E-state index in [1.165, 1.54) is 13.2 Å². The number of rotatable bonds is 3. The summed E-state index contributed by atoms with van der Waals surface area (Å²) in [7, 11) is 1.41. The number of carbonyl (C=O) groups excluding carboxylic acids is 2. The van der Waals surface area contributed by atoms with E-state index in [9.17, 15) is 9.59 Å². The molecular formula is C12H13ClN2O4. The van der Waals surface area contributed by atoms with E-state index in [4.69, 9.17) is 21.1 Å². The first-order chi connectivity index (χ1) is 8.91. The van der Waals surface area contributed by atoms with E-state index in [0.29, 0.717) is 5.56 Å². The largest absolute Gasteiger partial charge is 0.481 e. The van der Waals surface area contributed by atoms with Crippen molar-refractivity contribution in [2.45, 2.75) is 19.4 Å². The van der Waals surface area contributed by atoms with Gasteiger partial charge in [0, 0.05) is 5.92 Å². The Morgan fingerprint density at radius 2 is 2.11 bits per heavy atom. The highest BCUT2D eigenvalue weighted by molar-refractivity contribution is 6.29. The van der Waals surface area contributed by atoms with Gasteiger partial charge in [-0.3, -0.25) is 10.1 Å². The van der Waals surface area contributed by atoms with Gasteiger partial charge in [-0.1, -0.05) is 25.4 Å². The molecule has 1 aliphatic rings. The lowest BCUT2D eigenvalue weighted by Gasteiger charge is -2.29. The number of aromatic nitrogens is 1. The average Bonchev–Trinajstić information content (AvgIpc) is 2.65. The van der Waals surface area contributed by atoms with Gasteiger partial charge in [-0.15, -0.1) is 0 Å². The minimum Gasteiger partial charge on any atom is -0.481 e. The Balaban J connectivity index is 2.64. The van der Waals surface area contributed by atoms with Crippen LogP contribution in [0.25, 0.3) is 0 Å². The summed E-state index contributed by atoms with van der Waals surface area (Å²) in [6.45, 7) is 3.54. The van der Waals surface area contributed by atoms with Crippen LogP contribution in [0.4, 0.5) is 4.79 Å². The zero-order chi connectivity index (χ0) is 14.2. The van der Waals surface area contributed by atoms with E-state index in [0.717, 1.165) is 0 Å². The quantitative estimate of drug-likeness (QED) is 0.857. The number of methoxy groups -OCH3 is 1. The lowest BCUT2D eigenvalue weighted by atomic mass is 9.83. The summed E-state index contributed by atoms with van der Waals surface area (Å²) in [6, 6.07) is 3.09. The third kappa shape index (κ3) is 2.02. The second-order valence-electron chi connectivity index (χ2n) is 4.42. The molecule has 1 aromatic heterocycles. The fourth-order valence-corrected chi connectivity index (χ4v) is 2.27. The number of carbonyl (C=O) groups is 2. The van der Waals surface area contributed by atoms with Crippen molar-refractivity contribution >= 4 is 23.6 Å². The molecule has 2 heterocycles. The van der Waals surface area contributed by atoms with Gasteiger partial charge in [-0.05, 0) is 12.1 Å². The normalized spacial score (nSPS) is 22.4. The van der Waals surface area contributed by atoms with Gasteiger partial charge in [-0.2, -0.15) is 0 Å². The minimum absolute atomic E-state index is 0.158. The Kier molecular flexibility index (Phi) is 3.36. The molecule has 0 aromatic carbocycles. The van der Waals surface area contributed by atoms with Crippen molar-refractivity contribution in [2.75, 3.05) is 7.11 Å². The predicted molar refractivity (Wildman–Crippen MR) is 66.9 cm³/mol. The number of hydrogen-bond acceptors (Lipinski definition) is 5. The Morgan fingerprint density at radius 3 is 2.58 bits per heavy atom. The van der Waals surface area contributed by atoms with Crippen LogP contribution in [0.15, 0.2) is 12.1 Å². The summed E-state index contributed by atoms with van der Waals surface area (Å²) in [6.07, 6.45) is -0.782. The van der Waals surface area contributed by atoms with Gasteiger partial charge in [0.1, 0.15) is 5.15 Å². The molecule has 1 aliphatic heterocycles. The topological polar surface area (TPSA) is 77.5 Å². The van der Waals surface area contributed by atoms with Gasteiger partial charge in [0.25, 0.3) is 5.91 Å². The summed E-state index contributed by atoms with van der Waals surface area (Å²) in [4.78, 5) is 27.5. The standard InChI is InChI=1S/C12H13ClN2O4/c1-6(2)12(10(16)15-11(17)19-12)7-4-5-8(13)14-9(7)18-3/h4-6H,1-3H3,(H,15,16,17)/t12-/m0/s1. The van der Waals surface area contributed by atoms with Crippen molar-refractivity contribution in [2.24, 2.45) is 5.92 Å². The van der Waals surface area contributed by atoms with Gasteiger partial charge in [0.2, 0.25) is 11.5 Å². The van der Waals surface area contributed by atoms with Crippen LogP contribution in [-0.4, -0.2) is 24.1 Å². The fraction of sp³-hybridized carbons (Fsp3) is 0.417. The predicted octanol–water partition coefficient (Wildman–Crippen LogP) is 1.86. The summed E-state index contributed by atoms with van der Waals surface area (Å²) in [5, 5.41) is 2.36. The molecule has 19 heavy (non-hydrogen) atoms. The van der Waals surface area contributed by atoms with Crippen LogP contribution in [0.5, 0.6) is 5.88 Å². The second kappa shape index (κ2) is 4.70. The highest BCUT2D eigenvalue weighted by Crippen LogP contribution is 2.41. The molecule has 6 nitrogen and oxygen atoms in total. The molecule has 1 fully saturated rings. The molecule has 0 aliphatic carbocycles. The van der Waals surface area contributed by atoms with Gasteiger partial charge in [-0.25, -0.2) is 9.78 Å². The van der Waals surface area contributed by atoms with Crippen molar-refractivity contribution in [1.82, 2.24) is 10.3 Å². The fourth-order valence-electron chi connectivity index (χ4n) is 2.13. The lowest BCUT2D eigenvalue weighted by molar-refractivity contribution is -0.136. The molecule has 0 spiro atoms. The van der Waals surface area contributed by atoms with E-state index >= 15 is 0 Å². The number of hydrogen-bond donors (Lipinski definition) is 1. The number of imide groups is 1. The van der Waals surface area contributed by atoms with E-state index < -0.39 is 17.6 Å². The maximum Gasteiger partial charge on any atom is 0.415 e. The van der Waals surface area contributed by atoms with Crippen LogP contribution in [0.1, 0.15) is 19.4 Å². The van der Waals surface area contributed by atoms with E-state index in [1.807, 2.05) is 0 Å². The average molecular weight is 285 g/mol. The smallest absolute Gasteiger partial charge is 0.415 e. The third-order valence-electron chi connectivity index (χ3n) is 3.04. The van der Waals surface area contributed by atoms with Crippen LogP contribution in [-0.2, 0) is 15.1 Å².